The summed E-state index contributed by atoms with van der Waals surface area (Å²) in [4.78, 5) is 4.87. The zero-order valence-electron chi connectivity index (χ0n) is 12.2. The Morgan fingerprint density at radius 1 is 1.35 bits per heavy atom. The molecule has 0 aromatic heterocycles. The maximum Gasteiger partial charge on any atom is 0.0254 e. The maximum atomic E-state index is 6.31. The van der Waals surface area contributed by atoms with Crippen molar-refractivity contribution in [3.8, 4) is 0 Å². The summed E-state index contributed by atoms with van der Waals surface area (Å²) in [5, 5.41) is 0. The molecule has 1 aliphatic rings. The van der Waals surface area contributed by atoms with Crippen LogP contribution in [0.25, 0.3) is 0 Å². The lowest BCUT2D eigenvalue weighted by atomic mass is 9.94. The summed E-state index contributed by atoms with van der Waals surface area (Å²) in [6, 6.07) is 0. The Hall–Kier alpha value is -0.120. The largest absolute Gasteiger partial charge is 0.324 e. The summed E-state index contributed by atoms with van der Waals surface area (Å²) >= 11 is 0. The molecule has 1 fully saturated rings. The van der Waals surface area contributed by atoms with E-state index >= 15 is 0 Å². The van der Waals surface area contributed by atoms with Crippen molar-refractivity contribution in [2.75, 3.05) is 40.3 Å². The Balaban J connectivity index is 2.26. The number of rotatable bonds is 6. The van der Waals surface area contributed by atoms with Gasteiger partial charge in [-0.1, -0.05) is 13.3 Å². The zero-order chi connectivity index (χ0) is 12.9. The number of piperidine rings is 1. The number of likely N-dealkylation sites (N-methyl/N-ethyl adjacent to an activating group) is 1. The number of likely N-dealkylation sites (tertiary alicyclic amines) is 1. The molecule has 1 heterocycles. The van der Waals surface area contributed by atoms with Gasteiger partial charge >= 0.3 is 0 Å². The van der Waals surface area contributed by atoms with Gasteiger partial charge in [-0.05, 0) is 59.3 Å². The minimum atomic E-state index is -0.0189. The van der Waals surface area contributed by atoms with Gasteiger partial charge in [0.25, 0.3) is 0 Å². The Labute approximate surface area is 107 Å². The van der Waals surface area contributed by atoms with E-state index in [-0.39, 0.29) is 5.54 Å². The van der Waals surface area contributed by atoms with E-state index in [2.05, 4.69) is 37.7 Å². The van der Waals surface area contributed by atoms with Crippen LogP contribution in [0.3, 0.4) is 0 Å². The molecule has 0 spiro atoms. The van der Waals surface area contributed by atoms with Gasteiger partial charge in [0.05, 0.1) is 0 Å². The van der Waals surface area contributed by atoms with Gasteiger partial charge < -0.3 is 15.5 Å². The third kappa shape index (κ3) is 5.84. The van der Waals surface area contributed by atoms with Gasteiger partial charge in [-0.15, -0.1) is 0 Å². The molecule has 1 rings (SSSR count). The van der Waals surface area contributed by atoms with Gasteiger partial charge in [-0.25, -0.2) is 0 Å². The van der Waals surface area contributed by atoms with Crippen molar-refractivity contribution in [3.63, 3.8) is 0 Å². The van der Waals surface area contributed by atoms with Crippen molar-refractivity contribution < 1.29 is 0 Å². The minimum Gasteiger partial charge on any atom is -0.324 e. The molecule has 0 aromatic rings. The highest BCUT2D eigenvalue weighted by Crippen LogP contribution is 2.18. The molecular formula is C14H31N3. The number of hydrogen-bond donors (Lipinski definition) is 1. The lowest BCUT2D eigenvalue weighted by molar-refractivity contribution is 0.159. The van der Waals surface area contributed by atoms with Crippen molar-refractivity contribution in [2.45, 2.75) is 45.1 Å². The molecule has 0 amide bonds. The van der Waals surface area contributed by atoms with Crippen molar-refractivity contribution >= 4 is 0 Å². The molecule has 1 aliphatic heterocycles. The molecule has 17 heavy (non-hydrogen) atoms. The first-order valence-corrected chi connectivity index (χ1v) is 7.09. The van der Waals surface area contributed by atoms with Crippen LogP contribution in [0.1, 0.15) is 39.5 Å². The second kappa shape index (κ2) is 6.72. The number of nitrogens with two attached hydrogens (primary N) is 1. The molecule has 3 nitrogen and oxygen atoms in total. The average molecular weight is 241 g/mol. The molecule has 1 saturated heterocycles. The fraction of sp³-hybridized carbons (Fsp3) is 1.00. The van der Waals surface area contributed by atoms with Gasteiger partial charge in [0, 0.05) is 18.6 Å². The third-order valence-corrected chi connectivity index (χ3v) is 3.86. The Bertz CT molecular complexity index is 208. The lowest BCUT2D eigenvalue weighted by Gasteiger charge is -2.35. The van der Waals surface area contributed by atoms with Gasteiger partial charge in [-0.3, -0.25) is 0 Å². The normalized spacial score (nSPS) is 22.9. The molecule has 102 valence electrons. The molecule has 0 aliphatic carbocycles. The van der Waals surface area contributed by atoms with Gasteiger partial charge in [-0.2, -0.15) is 0 Å². The number of nitrogens with zero attached hydrogens (tertiary/aromatic N) is 2. The summed E-state index contributed by atoms with van der Waals surface area (Å²) in [5.41, 5.74) is 6.29. The molecule has 3 heteroatoms. The monoisotopic (exact) mass is 241 g/mol. The Morgan fingerprint density at radius 2 is 1.94 bits per heavy atom. The van der Waals surface area contributed by atoms with Crippen LogP contribution in [0.2, 0.25) is 0 Å². The molecule has 2 N–H and O–H groups in total. The predicted molar refractivity (Wildman–Crippen MR) is 75.2 cm³/mol. The van der Waals surface area contributed by atoms with E-state index in [4.69, 9.17) is 5.73 Å². The standard InChI is InChI=1S/C14H31N3/c1-5-8-14(2,15)12-17(4)11-13-6-9-16(3)10-7-13/h13H,5-12,15H2,1-4H3. The van der Waals surface area contributed by atoms with Crippen LogP contribution in [-0.2, 0) is 0 Å². The molecule has 1 unspecified atom stereocenters. The van der Waals surface area contributed by atoms with E-state index in [0.29, 0.717) is 0 Å². The predicted octanol–water partition coefficient (Wildman–Crippen LogP) is 1.78. The highest BCUT2D eigenvalue weighted by Gasteiger charge is 2.23. The summed E-state index contributed by atoms with van der Waals surface area (Å²) in [6.45, 7) is 9.14. The smallest absolute Gasteiger partial charge is 0.0254 e. The van der Waals surface area contributed by atoms with Crippen LogP contribution in [0.15, 0.2) is 0 Å². The van der Waals surface area contributed by atoms with Crippen LogP contribution in [0, 0.1) is 5.92 Å². The highest BCUT2D eigenvalue weighted by atomic mass is 15.1. The van der Waals surface area contributed by atoms with Crippen molar-refractivity contribution in [3.05, 3.63) is 0 Å². The highest BCUT2D eigenvalue weighted by molar-refractivity contribution is 4.82. The summed E-state index contributed by atoms with van der Waals surface area (Å²) in [7, 11) is 4.44. The van der Waals surface area contributed by atoms with E-state index in [1.54, 1.807) is 0 Å². The first kappa shape index (κ1) is 14.9. The van der Waals surface area contributed by atoms with Gasteiger partial charge in [0.15, 0.2) is 0 Å². The van der Waals surface area contributed by atoms with Crippen LogP contribution < -0.4 is 5.73 Å². The molecule has 0 radical (unpaired) electrons. The topological polar surface area (TPSA) is 32.5 Å². The molecule has 0 saturated carbocycles. The maximum absolute atomic E-state index is 6.31. The second-order valence-corrected chi connectivity index (χ2v) is 6.35. The second-order valence-electron chi connectivity index (χ2n) is 6.35. The SMILES string of the molecule is CCCC(C)(N)CN(C)CC1CCN(C)CC1. The first-order valence-electron chi connectivity index (χ1n) is 7.09. The van der Waals surface area contributed by atoms with Crippen molar-refractivity contribution in [2.24, 2.45) is 11.7 Å². The molecule has 0 bridgehead atoms. The zero-order valence-corrected chi connectivity index (χ0v) is 12.2. The van der Waals surface area contributed by atoms with E-state index in [9.17, 15) is 0 Å². The third-order valence-electron chi connectivity index (χ3n) is 3.86. The average Bonchev–Trinajstić information content (AvgIpc) is 2.20. The van der Waals surface area contributed by atoms with Crippen molar-refractivity contribution in [1.29, 1.82) is 0 Å². The summed E-state index contributed by atoms with van der Waals surface area (Å²) in [5.74, 6) is 0.869. The quantitative estimate of drug-likeness (QED) is 0.769. The van der Waals surface area contributed by atoms with Crippen LogP contribution in [0.4, 0.5) is 0 Å². The minimum absolute atomic E-state index is 0.0189. The van der Waals surface area contributed by atoms with Crippen LogP contribution >= 0.6 is 0 Å². The van der Waals surface area contributed by atoms with Crippen molar-refractivity contribution in [1.82, 2.24) is 9.80 Å². The van der Waals surface area contributed by atoms with E-state index in [1.165, 1.54) is 38.9 Å². The first-order chi connectivity index (χ1) is 7.93. The fourth-order valence-electron chi connectivity index (χ4n) is 3.02. The fourth-order valence-corrected chi connectivity index (χ4v) is 3.02. The van der Waals surface area contributed by atoms with E-state index in [1.807, 2.05) is 0 Å². The summed E-state index contributed by atoms with van der Waals surface area (Å²) < 4.78 is 0. The lowest BCUT2D eigenvalue weighted by Crippen LogP contribution is -2.48. The Kier molecular flexibility index (Phi) is 5.90. The van der Waals surface area contributed by atoms with Gasteiger partial charge in [0.2, 0.25) is 0 Å². The van der Waals surface area contributed by atoms with E-state index in [0.717, 1.165) is 18.9 Å². The molecule has 1 atom stereocenters. The number of hydrogen-bond acceptors (Lipinski definition) is 3. The van der Waals surface area contributed by atoms with Gasteiger partial charge in [0.1, 0.15) is 0 Å². The summed E-state index contributed by atoms with van der Waals surface area (Å²) in [6.07, 6.45) is 4.98. The van der Waals surface area contributed by atoms with Crippen LogP contribution in [-0.4, -0.2) is 55.6 Å². The molecule has 0 aromatic carbocycles. The Morgan fingerprint density at radius 3 is 2.47 bits per heavy atom. The van der Waals surface area contributed by atoms with E-state index < -0.39 is 0 Å². The van der Waals surface area contributed by atoms with Crippen LogP contribution in [0.5, 0.6) is 0 Å². The molecular weight excluding hydrogens is 210 g/mol.